The van der Waals surface area contributed by atoms with Crippen molar-refractivity contribution in [2.24, 2.45) is 0 Å². The topological polar surface area (TPSA) is 85.5 Å². The highest BCUT2D eigenvalue weighted by Crippen LogP contribution is 2.32. The van der Waals surface area contributed by atoms with Crippen LogP contribution in [0.15, 0.2) is 10.5 Å². The molecule has 0 fully saturated rings. The molecular weight excluding hydrogens is 188 g/mol. The van der Waals surface area contributed by atoms with Crippen molar-refractivity contribution < 1.29 is 19.1 Å². The Kier molecular flexibility index (Phi) is 1.16. The number of fused-ring (bicyclic) bond motifs is 3. The maximum atomic E-state index is 11.0. The maximum absolute atomic E-state index is 11.0. The van der Waals surface area contributed by atoms with E-state index in [0.717, 1.165) is 0 Å². The molecule has 0 aromatic carbocycles. The zero-order valence-corrected chi connectivity index (χ0v) is 6.85. The molecule has 3 rings (SSSR count). The van der Waals surface area contributed by atoms with Gasteiger partial charge in [-0.3, -0.25) is 4.79 Å². The fourth-order valence-electron chi connectivity index (χ4n) is 1.47. The van der Waals surface area contributed by atoms with Crippen LogP contribution < -0.4 is 4.74 Å². The Balaban J connectivity index is 2.37. The van der Waals surface area contributed by atoms with Gasteiger partial charge in [-0.1, -0.05) is 0 Å². The second-order valence-corrected chi connectivity index (χ2v) is 2.94. The Morgan fingerprint density at radius 3 is 3.14 bits per heavy atom. The lowest BCUT2D eigenvalue weighted by Crippen LogP contribution is -2.00. The molecule has 0 aliphatic carbocycles. The average Bonchev–Trinajstić information content (AvgIpc) is 2.65. The lowest BCUT2D eigenvalue weighted by atomic mass is 10.2. The van der Waals surface area contributed by atoms with E-state index in [9.17, 15) is 4.79 Å². The highest BCUT2D eigenvalue weighted by Gasteiger charge is 2.26. The van der Waals surface area contributed by atoms with E-state index >= 15 is 0 Å². The summed E-state index contributed by atoms with van der Waals surface area (Å²) in [5, 5.41) is 17.0. The molecule has 0 amide bonds. The van der Waals surface area contributed by atoms with Crippen molar-refractivity contribution in [3.05, 3.63) is 11.6 Å². The van der Waals surface area contributed by atoms with Gasteiger partial charge in [-0.05, 0) is 0 Å². The van der Waals surface area contributed by atoms with Crippen LogP contribution in [0.4, 0.5) is 0 Å². The second-order valence-electron chi connectivity index (χ2n) is 2.94. The minimum atomic E-state index is -0.373. The molecule has 2 aromatic heterocycles. The quantitative estimate of drug-likeness (QED) is 0.607. The van der Waals surface area contributed by atoms with Crippen LogP contribution in [0, 0.1) is 0 Å². The van der Waals surface area contributed by atoms with Gasteiger partial charge in [0, 0.05) is 11.6 Å². The summed E-state index contributed by atoms with van der Waals surface area (Å²) < 4.78 is 9.63. The Hall–Kier alpha value is -2.11. The molecule has 0 radical (unpaired) electrons. The minimum Gasteiger partial charge on any atom is -0.481 e. The third-order valence-corrected chi connectivity index (χ3v) is 2.05. The lowest BCUT2D eigenvalue weighted by Gasteiger charge is -1.92. The molecule has 14 heavy (non-hydrogen) atoms. The van der Waals surface area contributed by atoms with Crippen LogP contribution in [-0.4, -0.2) is 21.3 Å². The van der Waals surface area contributed by atoms with Crippen LogP contribution in [-0.2, 0) is 11.2 Å². The summed E-state index contributed by atoms with van der Waals surface area (Å²) in [6, 6.07) is 1.39. The number of aromatic nitrogens is 2. The molecule has 0 bridgehead atoms. The van der Waals surface area contributed by atoms with Gasteiger partial charge in [0.2, 0.25) is 11.6 Å². The molecule has 0 unspecified atom stereocenters. The lowest BCUT2D eigenvalue weighted by molar-refractivity contribution is -0.132. The standard InChI is InChI=1S/C8H4N2O4/c11-5-1-3-4-2-6(12)14-8(4)10-9-7(3)13-5/h1,11H,2H2. The molecule has 0 saturated heterocycles. The molecular formula is C8H4N2O4. The van der Waals surface area contributed by atoms with E-state index in [1.807, 2.05) is 0 Å². The van der Waals surface area contributed by atoms with Gasteiger partial charge in [0.25, 0.3) is 5.95 Å². The van der Waals surface area contributed by atoms with E-state index in [-0.39, 0.29) is 29.9 Å². The fraction of sp³-hybridized carbons (Fsp3) is 0.125. The number of ether oxygens (including phenoxy) is 1. The molecule has 6 nitrogen and oxygen atoms in total. The minimum absolute atomic E-state index is 0.139. The molecule has 1 N–H and O–H groups in total. The Bertz CT molecular complexity index is 546. The summed E-state index contributed by atoms with van der Waals surface area (Å²) in [6.45, 7) is 0. The van der Waals surface area contributed by atoms with Crippen molar-refractivity contribution in [2.45, 2.75) is 6.42 Å². The number of furan rings is 1. The van der Waals surface area contributed by atoms with Crippen molar-refractivity contribution in [3.8, 4) is 11.8 Å². The fourth-order valence-corrected chi connectivity index (χ4v) is 1.47. The van der Waals surface area contributed by atoms with Crippen LogP contribution in [0.25, 0.3) is 11.1 Å². The summed E-state index contributed by atoms with van der Waals surface area (Å²) in [5.41, 5.74) is 0.823. The van der Waals surface area contributed by atoms with E-state index in [1.165, 1.54) is 6.07 Å². The molecule has 1 aliphatic rings. The van der Waals surface area contributed by atoms with Crippen LogP contribution >= 0.6 is 0 Å². The molecule has 0 spiro atoms. The first kappa shape index (κ1) is 7.31. The first-order valence-corrected chi connectivity index (χ1v) is 3.93. The molecule has 0 atom stereocenters. The Morgan fingerprint density at radius 1 is 1.43 bits per heavy atom. The van der Waals surface area contributed by atoms with Crippen LogP contribution in [0.5, 0.6) is 11.8 Å². The van der Waals surface area contributed by atoms with Gasteiger partial charge < -0.3 is 14.3 Å². The first-order chi connectivity index (χ1) is 6.74. The van der Waals surface area contributed by atoms with Crippen molar-refractivity contribution >= 4 is 17.1 Å². The van der Waals surface area contributed by atoms with Gasteiger partial charge in [-0.25, -0.2) is 0 Å². The monoisotopic (exact) mass is 192 g/mol. The van der Waals surface area contributed by atoms with Crippen molar-refractivity contribution in [1.29, 1.82) is 0 Å². The van der Waals surface area contributed by atoms with Gasteiger partial charge >= 0.3 is 5.97 Å². The van der Waals surface area contributed by atoms with Crippen LogP contribution in [0.2, 0.25) is 0 Å². The molecule has 6 heteroatoms. The molecule has 70 valence electrons. The molecule has 1 aliphatic heterocycles. The smallest absolute Gasteiger partial charge is 0.317 e. The van der Waals surface area contributed by atoms with Gasteiger partial charge in [0.05, 0.1) is 11.8 Å². The number of esters is 1. The summed E-state index contributed by atoms with van der Waals surface area (Å²) in [6.07, 6.45) is 0.139. The van der Waals surface area contributed by atoms with Gasteiger partial charge in [-0.2, -0.15) is 0 Å². The van der Waals surface area contributed by atoms with E-state index in [4.69, 9.17) is 14.3 Å². The number of aromatic hydroxyl groups is 1. The van der Waals surface area contributed by atoms with E-state index < -0.39 is 0 Å². The zero-order valence-electron chi connectivity index (χ0n) is 6.85. The van der Waals surface area contributed by atoms with Crippen molar-refractivity contribution in [3.63, 3.8) is 0 Å². The molecule has 3 heterocycles. The summed E-state index contributed by atoms with van der Waals surface area (Å²) in [4.78, 5) is 11.0. The third kappa shape index (κ3) is 0.819. The number of rotatable bonds is 0. The highest BCUT2D eigenvalue weighted by molar-refractivity contribution is 5.90. The van der Waals surface area contributed by atoms with E-state index in [0.29, 0.717) is 10.9 Å². The maximum Gasteiger partial charge on any atom is 0.317 e. The van der Waals surface area contributed by atoms with Gasteiger partial charge in [0.1, 0.15) is 0 Å². The number of nitrogens with zero attached hydrogens (tertiary/aromatic N) is 2. The predicted molar refractivity (Wildman–Crippen MR) is 42.8 cm³/mol. The van der Waals surface area contributed by atoms with E-state index in [2.05, 4.69) is 10.2 Å². The van der Waals surface area contributed by atoms with E-state index in [1.54, 1.807) is 0 Å². The van der Waals surface area contributed by atoms with Crippen LogP contribution in [0.1, 0.15) is 5.56 Å². The zero-order chi connectivity index (χ0) is 9.71. The van der Waals surface area contributed by atoms with Gasteiger partial charge in [-0.15, -0.1) is 10.2 Å². The Labute approximate surface area is 77.1 Å². The average molecular weight is 192 g/mol. The number of carbonyl (C=O) groups is 1. The number of hydrogen-bond acceptors (Lipinski definition) is 6. The SMILES string of the molecule is O=C1Cc2c(nnc3oc(O)cc23)O1. The second kappa shape index (κ2) is 2.22. The molecule has 2 aromatic rings. The number of hydrogen-bond donors (Lipinski definition) is 1. The first-order valence-electron chi connectivity index (χ1n) is 3.93. The van der Waals surface area contributed by atoms with Crippen molar-refractivity contribution in [1.82, 2.24) is 10.2 Å². The normalized spacial score (nSPS) is 14.4. The predicted octanol–water partition coefficient (Wildman–Crippen LogP) is 0.390. The van der Waals surface area contributed by atoms with Crippen LogP contribution in [0.3, 0.4) is 0 Å². The highest BCUT2D eigenvalue weighted by atomic mass is 16.5. The van der Waals surface area contributed by atoms with Crippen molar-refractivity contribution in [2.75, 3.05) is 0 Å². The third-order valence-electron chi connectivity index (χ3n) is 2.05. The number of carbonyl (C=O) groups excluding carboxylic acids is 1. The molecule has 0 saturated carbocycles. The summed E-state index contributed by atoms with van der Waals surface area (Å²) in [5.74, 6) is -0.423. The summed E-state index contributed by atoms with van der Waals surface area (Å²) >= 11 is 0. The summed E-state index contributed by atoms with van der Waals surface area (Å²) in [7, 11) is 0. The largest absolute Gasteiger partial charge is 0.481 e. The Morgan fingerprint density at radius 2 is 2.29 bits per heavy atom. The van der Waals surface area contributed by atoms with Gasteiger partial charge in [0.15, 0.2) is 0 Å².